The molecular formula is C21H16N4O11. The SMILES string of the molecule is O=[N+]([O-])c1ccc(OCc2cc(CO)cc(COc3ccc([N+](=O)[O-])cc3[N+](=O)[O-])c2)c([N+](=O)[O-])c1. The number of rotatable bonds is 11. The Balaban J connectivity index is 1.81. The molecule has 0 heterocycles. The summed E-state index contributed by atoms with van der Waals surface area (Å²) in [6, 6.07) is 10.5. The van der Waals surface area contributed by atoms with Crippen molar-refractivity contribution in [3.05, 3.63) is 112 Å². The largest absolute Gasteiger partial charge is 0.482 e. The predicted octanol–water partition coefficient (Wildman–Crippen LogP) is 3.97. The molecule has 0 aliphatic carbocycles. The number of nitro groups is 4. The molecule has 0 aromatic heterocycles. The number of aliphatic hydroxyl groups excluding tert-OH is 1. The maximum absolute atomic E-state index is 11.3. The first kappa shape index (κ1) is 25.4. The molecule has 15 nitrogen and oxygen atoms in total. The molecule has 0 fully saturated rings. The minimum atomic E-state index is -0.817. The zero-order chi connectivity index (χ0) is 26.4. The van der Waals surface area contributed by atoms with Gasteiger partial charge in [0.1, 0.15) is 13.2 Å². The first-order chi connectivity index (χ1) is 17.1. The topological polar surface area (TPSA) is 211 Å². The Kier molecular flexibility index (Phi) is 7.65. The highest BCUT2D eigenvalue weighted by molar-refractivity contribution is 5.54. The van der Waals surface area contributed by atoms with E-state index in [9.17, 15) is 45.6 Å². The van der Waals surface area contributed by atoms with E-state index in [0.29, 0.717) is 16.7 Å². The summed E-state index contributed by atoms with van der Waals surface area (Å²) in [6.45, 7) is -0.801. The van der Waals surface area contributed by atoms with Gasteiger partial charge in [0, 0.05) is 12.1 Å². The van der Waals surface area contributed by atoms with Gasteiger partial charge in [0.2, 0.25) is 0 Å². The molecule has 0 radical (unpaired) electrons. The molecule has 36 heavy (non-hydrogen) atoms. The normalized spacial score (nSPS) is 10.5. The highest BCUT2D eigenvalue weighted by Gasteiger charge is 2.22. The van der Waals surface area contributed by atoms with Gasteiger partial charge in [-0.1, -0.05) is 12.1 Å². The van der Waals surface area contributed by atoms with Gasteiger partial charge in [-0.25, -0.2) is 0 Å². The van der Waals surface area contributed by atoms with Crippen LogP contribution in [0, 0.1) is 40.5 Å². The number of ether oxygens (including phenoxy) is 2. The van der Waals surface area contributed by atoms with Crippen molar-refractivity contribution < 1.29 is 34.3 Å². The van der Waals surface area contributed by atoms with Crippen molar-refractivity contribution >= 4 is 22.7 Å². The Labute approximate surface area is 200 Å². The Morgan fingerprint density at radius 2 is 0.972 bits per heavy atom. The van der Waals surface area contributed by atoms with E-state index in [1.54, 1.807) is 18.2 Å². The Hall–Kier alpha value is -5.18. The van der Waals surface area contributed by atoms with E-state index in [-0.39, 0.29) is 31.3 Å². The van der Waals surface area contributed by atoms with Gasteiger partial charge in [-0.15, -0.1) is 0 Å². The summed E-state index contributed by atoms with van der Waals surface area (Å²) < 4.78 is 11.0. The molecule has 0 bridgehead atoms. The number of hydrogen-bond acceptors (Lipinski definition) is 11. The van der Waals surface area contributed by atoms with Crippen LogP contribution in [0.4, 0.5) is 22.7 Å². The summed E-state index contributed by atoms with van der Waals surface area (Å²) in [5, 5.41) is 53.9. The van der Waals surface area contributed by atoms with Gasteiger partial charge in [-0.3, -0.25) is 40.5 Å². The molecular weight excluding hydrogens is 484 g/mol. The Bertz CT molecular complexity index is 1260. The van der Waals surface area contributed by atoms with Crippen molar-refractivity contribution in [1.29, 1.82) is 0 Å². The quantitative estimate of drug-likeness (QED) is 0.294. The van der Waals surface area contributed by atoms with Crippen LogP contribution in [-0.4, -0.2) is 24.8 Å². The van der Waals surface area contributed by atoms with Gasteiger partial charge in [-0.2, -0.15) is 0 Å². The van der Waals surface area contributed by atoms with Gasteiger partial charge in [-0.05, 0) is 34.9 Å². The van der Waals surface area contributed by atoms with E-state index in [1.807, 2.05) is 0 Å². The van der Waals surface area contributed by atoms with E-state index in [1.165, 1.54) is 0 Å². The van der Waals surface area contributed by atoms with E-state index in [0.717, 1.165) is 36.4 Å². The lowest BCUT2D eigenvalue weighted by molar-refractivity contribution is -0.395. The summed E-state index contributed by atoms with van der Waals surface area (Å²) >= 11 is 0. The monoisotopic (exact) mass is 500 g/mol. The number of benzene rings is 3. The number of nitro benzene ring substituents is 4. The molecule has 0 aliphatic rings. The van der Waals surface area contributed by atoms with Gasteiger partial charge < -0.3 is 14.6 Å². The second-order valence-corrected chi connectivity index (χ2v) is 7.23. The fourth-order valence-electron chi connectivity index (χ4n) is 3.19. The maximum atomic E-state index is 11.3. The summed E-state index contributed by atoms with van der Waals surface area (Å²) in [4.78, 5) is 41.2. The van der Waals surface area contributed by atoms with Crippen molar-refractivity contribution in [2.45, 2.75) is 19.8 Å². The van der Waals surface area contributed by atoms with Crippen molar-refractivity contribution in [2.24, 2.45) is 0 Å². The van der Waals surface area contributed by atoms with Crippen LogP contribution in [0.5, 0.6) is 11.5 Å². The van der Waals surface area contributed by atoms with Crippen LogP contribution in [-0.2, 0) is 19.8 Å². The summed E-state index contributed by atoms with van der Waals surface area (Å²) in [6.07, 6.45) is 0. The third kappa shape index (κ3) is 6.03. The van der Waals surface area contributed by atoms with Crippen molar-refractivity contribution in [2.75, 3.05) is 0 Å². The average molecular weight is 500 g/mol. The number of non-ortho nitro benzene ring substituents is 2. The fourth-order valence-corrected chi connectivity index (χ4v) is 3.19. The molecule has 0 unspecified atom stereocenters. The second-order valence-electron chi connectivity index (χ2n) is 7.23. The molecule has 0 aliphatic heterocycles. The summed E-state index contributed by atoms with van der Waals surface area (Å²) in [5.41, 5.74) is -0.830. The molecule has 0 saturated heterocycles. The van der Waals surface area contributed by atoms with Crippen LogP contribution >= 0.6 is 0 Å². The minimum Gasteiger partial charge on any atom is -0.482 e. The first-order valence-electron chi connectivity index (χ1n) is 9.93. The Morgan fingerprint density at radius 1 is 0.583 bits per heavy atom. The highest BCUT2D eigenvalue weighted by Crippen LogP contribution is 2.33. The zero-order valence-electron chi connectivity index (χ0n) is 18.1. The number of aliphatic hydroxyl groups is 1. The third-order valence-corrected chi connectivity index (χ3v) is 4.78. The van der Waals surface area contributed by atoms with E-state index in [4.69, 9.17) is 9.47 Å². The van der Waals surface area contributed by atoms with E-state index >= 15 is 0 Å². The molecule has 3 aromatic carbocycles. The van der Waals surface area contributed by atoms with Crippen LogP contribution < -0.4 is 9.47 Å². The smallest absolute Gasteiger partial charge is 0.317 e. The summed E-state index contributed by atoms with van der Waals surface area (Å²) in [5.74, 6) is -0.418. The fraction of sp³-hybridized carbons (Fsp3) is 0.143. The van der Waals surface area contributed by atoms with Gasteiger partial charge >= 0.3 is 11.4 Å². The molecule has 0 saturated carbocycles. The molecule has 15 heteroatoms. The molecule has 3 aromatic rings. The molecule has 1 N–H and O–H groups in total. The Morgan fingerprint density at radius 3 is 1.31 bits per heavy atom. The lowest BCUT2D eigenvalue weighted by Gasteiger charge is -2.12. The van der Waals surface area contributed by atoms with Crippen molar-refractivity contribution in [3.63, 3.8) is 0 Å². The summed E-state index contributed by atoms with van der Waals surface area (Å²) in [7, 11) is 0. The number of hydrogen-bond donors (Lipinski definition) is 1. The molecule has 0 spiro atoms. The number of nitrogens with zero attached hydrogens (tertiary/aromatic N) is 4. The van der Waals surface area contributed by atoms with Crippen LogP contribution in [0.2, 0.25) is 0 Å². The van der Waals surface area contributed by atoms with Gasteiger partial charge in [0.25, 0.3) is 11.4 Å². The third-order valence-electron chi connectivity index (χ3n) is 4.78. The molecule has 3 rings (SSSR count). The molecule has 0 amide bonds. The lowest BCUT2D eigenvalue weighted by atomic mass is 10.1. The van der Waals surface area contributed by atoms with Crippen LogP contribution in [0.15, 0.2) is 54.6 Å². The standard InChI is InChI=1S/C21H16N4O11/c26-10-13-5-14(11-35-20-3-1-16(22(27)28)8-18(20)24(31)32)7-15(6-13)12-36-21-4-2-17(23(29)30)9-19(21)25(33)34/h1-9,26H,10-12H2. The minimum absolute atomic E-state index is 0.209. The maximum Gasteiger partial charge on any atom is 0.317 e. The van der Waals surface area contributed by atoms with Crippen LogP contribution in [0.25, 0.3) is 0 Å². The second kappa shape index (κ2) is 10.8. The van der Waals surface area contributed by atoms with Crippen LogP contribution in [0.3, 0.4) is 0 Å². The van der Waals surface area contributed by atoms with E-state index < -0.39 is 42.4 Å². The molecule has 186 valence electrons. The molecule has 0 atom stereocenters. The van der Waals surface area contributed by atoms with Crippen LogP contribution in [0.1, 0.15) is 16.7 Å². The zero-order valence-corrected chi connectivity index (χ0v) is 18.1. The lowest BCUT2D eigenvalue weighted by Crippen LogP contribution is -2.04. The van der Waals surface area contributed by atoms with E-state index in [2.05, 4.69) is 0 Å². The van der Waals surface area contributed by atoms with Gasteiger partial charge in [0.15, 0.2) is 11.5 Å². The van der Waals surface area contributed by atoms with Crippen molar-refractivity contribution in [3.8, 4) is 11.5 Å². The first-order valence-corrected chi connectivity index (χ1v) is 9.93. The van der Waals surface area contributed by atoms with Gasteiger partial charge in [0.05, 0.1) is 38.4 Å². The average Bonchev–Trinajstić information content (AvgIpc) is 2.85. The highest BCUT2D eigenvalue weighted by atomic mass is 16.6. The van der Waals surface area contributed by atoms with Crippen molar-refractivity contribution in [1.82, 2.24) is 0 Å². The predicted molar refractivity (Wildman–Crippen MR) is 121 cm³/mol.